The molecule has 0 atom stereocenters. The van der Waals surface area contributed by atoms with Crippen molar-refractivity contribution in [3.63, 3.8) is 0 Å². The number of nitrogens with zero attached hydrogens (tertiary/aromatic N) is 3. The van der Waals surface area contributed by atoms with Gasteiger partial charge in [-0.15, -0.1) is 5.10 Å². The molecule has 4 heteroatoms. The number of hydrogen-bond acceptors (Lipinski definition) is 4. The monoisotopic (exact) mass is 192 g/mol. The van der Waals surface area contributed by atoms with Crippen LogP contribution in [0.1, 0.15) is 31.2 Å². The summed E-state index contributed by atoms with van der Waals surface area (Å²) in [6.45, 7) is 7.10. The Kier molecular flexibility index (Phi) is 2.13. The van der Waals surface area contributed by atoms with E-state index in [1.54, 1.807) is 0 Å². The molecule has 2 rings (SSSR count). The summed E-state index contributed by atoms with van der Waals surface area (Å²) in [5, 5.41) is 11.3. The van der Waals surface area contributed by atoms with E-state index in [1.165, 1.54) is 12.8 Å². The standard InChI is InChI=1S/C10H16N4/c1-7-8(2)13-14-9(12-7)11-6-10(3)4-5-10/h4-6H2,1-3H3,(H,11,12,14). The fourth-order valence-electron chi connectivity index (χ4n) is 1.21. The predicted octanol–water partition coefficient (Wildman–Crippen LogP) is 1.70. The molecule has 1 aliphatic carbocycles. The highest BCUT2D eigenvalue weighted by atomic mass is 15.2. The van der Waals surface area contributed by atoms with Gasteiger partial charge in [-0.2, -0.15) is 5.10 Å². The molecular weight excluding hydrogens is 176 g/mol. The van der Waals surface area contributed by atoms with Crippen LogP contribution < -0.4 is 5.32 Å². The summed E-state index contributed by atoms with van der Waals surface area (Å²) in [5.41, 5.74) is 2.32. The molecule has 14 heavy (non-hydrogen) atoms. The van der Waals surface area contributed by atoms with E-state index >= 15 is 0 Å². The van der Waals surface area contributed by atoms with Crippen LogP contribution in [-0.4, -0.2) is 21.7 Å². The Morgan fingerprint density at radius 3 is 2.50 bits per heavy atom. The summed E-state index contributed by atoms with van der Waals surface area (Å²) in [4.78, 5) is 4.32. The average molecular weight is 192 g/mol. The number of nitrogens with one attached hydrogen (secondary N) is 1. The minimum atomic E-state index is 0.474. The van der Waals surface area contributed by atoms with Gasteiger partial charge in [-0.25, -0.2) is 4.98 Å². The molecule has 0 unspecified atom stereocenters. The van der Waals surface area contributed by atoms with E-state index in [0.717, 1.165) is 17.9 Å². The molecular formula is C10H16N4. The van der Waals surface area contributed by atoms with Gasteiger partial charge in [-0.3, -0.25) is 0 Å². The molecule has 1 heterocycles. The lowest BCUT2D eigenvalue weighted by Crippen LogP contribution is -2.15. The maximum atomic E-state index is 4.32. The molecule has 1 aliphatic rings. The zero-order chi connectivity index (χ0) is 10.2. The maximum Gasteiger partial charge on any atom is 0.242 e. The number of rotatable bonds is 3. The Morgan fingerprint density at radius 2 is 1.93 bits per heavy atom. The zero-order valence-corrected chi connectivity index (χ0v) is 8.96. The molecule has 0 spiro atoms. The fourth-order valence-corrected chi connectivity index (χ4v) is 1.21. The summed E-state index contributed by atoms with van der Waals surface area (Å²) < 4.78 is 0. The Bertz CT molecular complexity index is 344. The van der Waals surface area contributed by atoms with Crippen molar-refractivity contribution in [2.75, 3.05) is 11.9 Å². The van der Waals surface area contributed by atoms with Crippen LogP contribution in [0.4, 0.5) is 5.95 Å². The van der Waals surface area contributed by atoms with Crippen molar-refractivity contribution in [3.8, 4) is 0 Å². The summed E-state index contributed by atoms with van der Waals surface area (Å²) >= 11 is 0. The van der Waals surface area contributed by atoms with E-state index in [4.69, 9.17) is 0 Å². The highest BCUT2D eigenvalue weighted by Crippen LogP contribution is 2.44. The first kappa shape index (κ1) is 9.37. The lowest BCUT2D eigenvalue weighted by Gasteiger charge is -2.09. The highest BCUT2D eigenvalue weighted by molar-refractivity contribution is 5.25. The Balaban J connectivity index is 1.99. The minimum absolute atomic E-state index is 0.474. The van der Waals surface area contributed by atoms with Crippen molar-refractivity contribution in [1.82, 2.24) is 15.2 Å². The van der Waals surface area contributed by atoms with Gasteiger partial charge in [0.1, 0.15) is 0 Å². The third-order valence-corrected chi connectivity index (χ3v) is 2.87. The Hall–Kier alpha value is -1.19. The molecule has 1 N–H and O–H groups in total. The molecule has 0 amide bonds. The van der Waals surface area contributed by atoms with Gasteiger partial charge >= 0.3 is 0 Å². The van der Waals surface area contributed by atoms with E-state index in [2.05, 4.69) is 27.4 Å². The predicted molar refractivity (Wildman–Crippen MR) is 55.1 cm³/mol. The van der Waals surface area contributed by atoms with Gasteiger partial charge in [0.2, 0.25) is 5.95 Å². The van der Waals surface area contributed by atoms with Gasteiger partial charge in [0.15, 0.2) is 0 Å². The number of anilines is 1. The quantitative estimate of drug-likeness (QED) is 0.792. The van der Waals surface area contributed by atoms with Gasteiger partial charge in [-0.1, -0.05) is 6.92 Å². The fraction of sp³-hybridized carbons (Fsp3) is 0.700. The van der Waals surface area contributed by atoms with Gasteiger partial charge in [0.25, 0.3) is 0 Å². The van der Waals surface area contributed by atoms with Crippen LogP contribution in [0.15, 0.2) is 0 Å². The van der Waals surface area contributed by atoms with Crippen LogP contribution in [0.2, 0.25) is 0 Å². The molecule has 1 fully saturated rings. The Labute approximate surface area is 84.2 Å². The lowest BCUT2D eigenvalue weighted by molar-refractivity contribution is 0.606. The molecule has 0 radical (unpaired) electrons. The molecule has 1 aromatic rings. The number of aryl methyl sites for hydroxylation is 2. The molecule has 0 aromatic carbocycles. The lowest BCUT2D eigenvalue weighted by atomic mass is 10.1. The highest BCUT2D eigenvalue weighted by Gasteiger charge is 2.36. The van der Waals surface area contributed by atoms with Crippen molar-refractivity contribution < 1.29 is 0 Å². The summed E-state index contributed by atoms with van der Waals surface area (Å²) in [7, 11) is 0. The van der Waals surface area contributed by atoms with Crippen LogP contribution in [0.3, 0.4) is 0 Å². The molecule has 76 valence electrons. The second kappa shape index (κ2) is 3.19. The smallest absolute Gasteiger partial charge is 0.242 e. The molecule has 1 saturated carbocycles. The van der Waals surface area contributed by atoms with Crippen molar-refractivity contribution in [2.45, 2.75) is 33.6 Å². The van der Waals surface area contributed by atoms with Crippen LogP contribution in [-0.2, 0) is 0 Å². The van der Waals surface area contributed by atoms with Crippen LogP contribution in [0.25, 0.3) is 0 Å². The van der Waals surface area contributed by atoms with E-state index in [-0.39, 0.29) is 0 Å². The molecule has 4 nitrogen and oxygen atoms in total. The van der Waals surface area contributed by atoms with Crippen LogP contribution in [0.5, 0.6) is 0 Å². The van der Waals surface area contributed by atoms with E-state index in [1.807, 2.05) is 13.8 Å². The molecule has 0 aliphatic heterocycles. The first-order valence-corrected chi connectivity index (χ1v) is 5.01. The largest absolute Gasteiger partial charge is 0.352 e. The van der Waals surface area contributed by atoms with Crippen molar-refractivity contribution in [1.29, 1.82) is 0 Å². The summed E-state index contributed by atoms with van der Waals surface area (Å²) in [6.07, 6.45) is 2.61. The topological polar surface area (TPSA) is 50.7 Å². The third-order valence-electron chi connectivity index (χ3n) is 2.87. The Morgan fingerprint density at radius 1 is 1.21 bits per heavy atom. The number of hydrogen-bond donors (Lipinski definition) is 1. The summed E-state index contributed by atoms with van der Waals surface area (Å²) in [6, 6.07) is 0. The maximum absolute atomic E-state index is 4.32. The van der Waals surface area contributed by atoms with Gasteiger partial charge in [-0.05, 0) is 32.1 Å². The van der Waals surface area contributed by atoms with Gasteiger partial charge < -0.3 is 5.32 Å². The second-order valence-corrected chi connectivity index (χ2v) is 4.47. The van der Waals surface area contributed by atoms with E-state index in [9.17, 15) is 0 Å². The zero-order valence-electron chi connectivity index (χ0n) is 8.96. The van der Waals surface area contributed by atoms with Gasteiger partial charge in [0, 0.05) is 6.54 Å². The minimum Gasteiger partial charge on any atom is -0.352 e. The van der Waals surface area contributed by atoms with Crippen molar-refractivity contribution in [2.24, 2.45) is 5.41 Å². The van der Waals surface area contributed by atoms with Crippen molar-refractivity contribution in [3.05, 3.63) is 11.4 Å². The molecule has 0 saturated heterocycles. The normalized spacial score (nSPS) is 17.9. The van der Waals surface area contributed by atoms with Gasteiger partial charge in [0.05, 0.1) is 11.4 Å². The van der Waals surface area contributed by atoms with Crippen LogP contribution >= 0.6 is 0 Å². The van der Waals surface area contributed by atoms with E-state index < -0.39 is 0 Å². The van der Waals surface area contributed by atoms with E-state index in [0.29, 0.717) is 11.4 Å². The average Bonchev–Trinajstić information content (AvgIpc) is 2.87. The van der Waals surface area contributed by atoms with Crippen molar-refractivity contribution >= 4 is 5.95 Å². The third kappa shape index (κ3) is 2.00. The first-order valence-electron chi connectivity index (χ1n) is 5.01. The first-order chi connectivity index (χ1) is 6.59. The number of aromatic nitrogens is 3. The van der Waals surface area contributed by atoms with Crippen LogP contribution in [0, 0.1) is 19.3 Å². The summed E-state index contributed by atoms with van der Waals surface area (Å²) in [5.74, 6) is 0.654. The molecule has 0 bridgehead atoms. The molecule has 1 aromatic heterocycles. The SMILES string of the molecule is Cc1nnc(NCC2(C)CC2)nc1C. The second-order valence-electron chi connectivity index (χ2n) is 4.47.